The van der Waals surface area contributed by atoms with E-state index in [2.05, 4.69) is 17.0 Å². The molecule has 1 atom stereocenters. The highest BCUT2D eigenvalue weighted by atomic mass is 19.1. The first-order valence-corrected chi connectivity index (χ1v) is 6.44. The van der Waals surface area contributed by atoms with Gasteiger partial charge in [-0.3, -0.25) is 4.90 Å². The van der Waals surface area contributed by atoms with Crippen LogP contribution in [0.1, 0.15) is 29.7 Å². The molecular weight excluding hydrogens is 241 g/mol. The van der Waals surface area contributed by atoms with Crippen LogP contribution in [0.25, 0.3) is 0 Å². The van der Waals surface area contributed by atoms with Crippen molar-refractivity contribution in [2.45, 2.75) is 26.1 Å². The standard InChI is InChI=1S/C16H16FNO/c1-11(15-8-14(17)6-7-16(15)19)18-9-12-4-2-3-5-13(12)10-18/h2-8,11,19H,9-10H2,1H3. The summed E-state index contributed by atoms with van der Waals surface area (Å²) in [5.74, 6) is -0.152. The first kappa shape index (κ1) is 12.2. The first-order chi connectivity index (χ1) is 9.15. The van der Waals surface area contributed by atoms with E-state index in [0.717, 1.165) is 13.1 Å². The van der Waals surface area contributed by atoms with E-state index in [4.69, 9.17) is 0 Å². The molecule has 0 bridgehead atoms. The molecule has 1 heterocycles. The predicted octanol–water partition coefficient (Wildman–Crippen LogP) is 3.61. The number of benzene rings is 2. The number of aromatic hydroxyl groups is 1. The van der Waals surface area contributed by atoms with Crippen molar-refractivity contribution < 1.29 is 9.50 Å². The summed E-state index contributed by atoms with van der Waals surface area (Å²) in [5.41, 5.74) is 3.27. The van der Waals surface area contributed by atoms with E-state index in [-0.39, 0.29) is 17.6 Å². The van der Waals surface area contributed by atoms with Crippen molar-refractivity contribution in [2.24, 2.45) is 0 Å². The second kappa shape index (κ2) is 4.67. The molecule has 0 spiro atoms. The van der Waals surface area contributed by atoms with Crippen molar-refractivity contribution in [3.8, 4) is 5.75 Å². The summed E-state index contributed by atoms with van der Waals surface area (Å²) in [4.78, 5) is 2.24. The lowest BCUT2D eigenvalue weighted by Crippen LogP contribution is -2.21. The van der Waals surface area contributed by atoms with Gasteiger partial charge < -0.3 is 5.11 Å². The fraction of sp³-hybridized carbons (Fsp3) is 0.250. The molecule has 2 aromatic rings. The summed E-state index contributed by atoms with van der Waals surface area (Å²) in [6.45, 7) is 3.68. The Bertz CT molecular complexity index is 586. The Morgan fingerprint density at radius 3 is 2.37 bits per heavy atom. The van der Waals surface area contributed by atoms with Gasteiger partial charge in [0.2, 0.25) is 0 Å². The number of halogens is 1. The minimum absolute atomic E-state index is 0.0110. The number of phenolic OH excluding ortho intramolecular Hbond substituents is 1. The first-order valence-electron chi connectivity index (χ1n) is 6.44. The van der Waals surface area contributed by atoms with Gasteiger partial charge in [0.15, 0.2) is 0 Å². The molecule has 0 saturated heterocycles. The molecule has 19 heavy (non-hydrogen) atoms. The van der Waals surface area contributed by atoms with E-state index in [1.54, 1.807) is 0 Å². The minimum atomic E-state index is -0.309. The average molecular weight is 257 g/mol. The smallest absolute Gasteiger partial charge is 0.123 e. The fourth-order valence-electron chi connectivity index (χ4n) is 2.69. The molecule has 98 valence electrons. The molecule has 1 N–H and O–H groups in total. The molecule has 1 aliphatic heterocycles. The molecule has 3 heteroatoms. The molecule has 2 nitrogen and oxygen atoms in total. The van der Waals surface area contributed by atoms with Crippen LogP contribution < -0.4 is 0 Å². The Hall–Kier alpha value is -1.87. The van der Waals surface area contributed by atoms with Gasteiger partial charge in [-0.2, -0.15) is 0 Å². The van der Waals surface area contributed by atoms with E-state index in [0.29, 0.717) is 5.56 Å². The Kier molecular flexibility index (Phi) is 2.99. The van der Waals surface area contributed by atoms with E-state index in [1.165, 1.54) is 29.3 Å². The van der Waals surface area contributed by atoms with Gasteiger partial charge in [-0.05, 0) is 36.2 Å². The highest BCUT2D eigenvalue weighted by molar-refractivity contribution is 5.37. The number of nitrogens with zero attached hydrogens (tertiary/aromatic N) is 1. The SMILES string of the molecule is CC(c1cc(F)ccc1O)N1Cc2ccccc2C1. The lowest BCUT2D eigenvalue weighted by molar-refractivity contribution is 0.211. The van der Waals surface area contributed by atoms with Crippen molar-refractivity contribution >= 4 is 0 Å². The molecule has 1 aliphatic rings. The topological polar surface area (TPSA) is 23.5 Å². The quantitative estimate of drug-likeness (QED) is 0.888. The van der Waals surface area contributed by atoms with Crippen molar-refractivity contribution in [2.75, 3.05) is 0 Å². The van der Waals surface area contributed by atoms with Crippen LogP contribution >= 0.6 is 0 Å². The molecule has 3 rings (SSSR count). The Morgan fingerprint density at radius 2 is 1.74 bits per heavy atom. The van der Waals surface area contributed by atoms with Crippen molar-refractivity contribution in [3.05, 3.63) is 65.0 Å². The zero-order valence-electron chi connectivity index (χ0n) is 10.8. The second-order valence-electron chi connectivity index (χ2n) is 5.05. The van der Waals surface area contributed by atoms with Crippen molar-refractivity contribution in [1.82, 2.24) is 4.90 Å². The molecule has 0 fully saturated rings. The van der Waals surface area contributed by atoms with Gasteiger partial charge in [0.05, 0.1) is 0 Å². The van der Waals surface area contributed by atoms with Gasteiger partial charge in [-0.1, -0.05) is 24.3 Å². The number of hydrogen-bond donors (Lipinski definition) is 1. The summed E-state index contributed by atoms with van der Waals surface area (Å²) >= 11 is 0. The monoisotopic (exact) mass is 257 g/mol. The summed E-state index contributed by atoms with van der Waals surface area (Å²) < 4.78 is 13.3. The number of hydrogen-bond acceptors (Lipinski definition) is 2. The lowest BCUT2D eigenvalue weighted by Gasteiger charge is -2.24. The normalized spacial score (nSPS) is 16.3. The van der Waals surface area contributed by atoms with E-state index >= 15 is 0 Å². The van der Waals surface area contributed by atoms with Crippen molar-refractivity contribution in [1.29, 1.82) is 0 Å². The summed E-state index contributed by atoms with van der Waals surface area (Å²) in [5, 5.41) is 9.89. The van der Waals surface area contributed by atoms with Gasteiger partial charge in [-0.15, -0.1) is 0 Å². The van der Waals surface area contributed by atoms with E-state index in [1.807, 2.05) is 19.1 Å². The fourth-order valence-corrected chi connectivity index (χ4v) is 2.69. The summed E-state index contributed by atoms with van der Waals surface area (Å²) in [6.07, 6.45) is 0. The zero-order valence-corrected chi connectivity index (χ0v) is 10.8. The second-order valence-corrected chi connectivity index (χ2v) is 5.05. The molecule has 0 amide bonds. The molecule has 0 saturated carbocycles. The lowest BCUT2D eigenvalue weighted by atomic mass is 10.1. The van der Waals surface area contributed by atoms with Crippen LogP contribution in [0.5, 0.6) is 5.75 Å². The maximum absolute atomic E-state index is 13.3. The highest BCUT2D eigenvalue weighted by Crippen LogP contribution is 2.34. The molecule has 2 aromatic carbocycles. The predicted molar refractivity (Wildman–Crippen MR) is 72.2 cm³/mol. The Balaban J connectivity index is 1.87. The maximum Gasteiger partial charge on any atom is 0.123 e. The molecule has 0 aliphatic carbocycles. The molecule has 0 radical (unpaired) electrons. The van der Waals surface area contributed by atoms with E-state index < -0.39 is 0 Å². The van der Waals surface area contributed by atoms with Crippen LogP contribution in [0, 0.1) is 5.82 Å². The van der Waals surface area contributed by atoms with Crippen LogP contribution in [0.15, 0.2) is 42.5 Å². The van der Waals surface area contributed by atoms with Crippen LogP contribution in [-0.2, 0) is 13.1 Å². The average Bonchev–Trinajstić information content (AvgIpc) is 2.84. The van der Waals surface area contributed by atoms with Crippen LogP contribution in [0.3, 0.4) is 0 Å². The Labute approximate surface area is 112 Å². The highest BCUT2D eigenvalue weighted by Gasteiger charge is 2.25. The van der Waals surface area contributed by atoms with Crippen LogP contribution in [0.2, 0.25) is 0 Å². The third-order valence-electron chi connectivity index (χ3n) is 3.85. The number of phenols is 1. The summed E-state index contributed by atoms with van der Waals surface area (Å²) in [6, 6.07) is 12.4. The third-order valence-corrected chi connectivity index (χ3v) is 3.85. The Morgan fingerprint density at radius 1 is 1.11 bits per heavy atom. The van der Waals surface area contributed by atoms with Gasteiger partial charge >= 0.3 is 0 Å². The van der Waals surface area contributed by atoms with Gasteiger partial charge in [-0.25, -0.2) is 4.39 Å². The number of rotatable bonds is 2. The largest absolute Gasteiger partial charge is 0.508 e. The third kappa shape index (κ3) is 2.22. The molecule has 1 unspecified atom stereocenters. The van der Waals surface area contributed by atoms with Crippen LogP contribution in [0.4, 0.5) is 4.39 Å². The zero-order chi connectivity index (χ0) is 13.4. The molecular formula is C16H16FNO. The van der Waals surface area contributed by atoms with Gasteiger partial charge in [0.25, 0.3) is 0 Å². The van der Waals surface area contributed by atoms with Gasteiger partial charge in [0.1, 0.15) is 11.6 Å². The molecule has 0 aromatic heterocycles. The minimum Gasteiger partial charge on any atom is -0.508 e. The maximum atomic E-state index is 13.3. The van der Waals surface area contributed by atoms with E-state index in [9.17, 15) is 9.50 Å². The van der Waals surface area contributed by atoms with Crippen LogP contribution in [-0.4, -0.2) is 10.0 Å². The van der Waals surface area contributed by atoms with Crippen molar-refractivity contribution in [3.63, 3.8) is 0 Å². The van der Waals surface area contributed by atoms with Gasteiger partial charge in [0, 0.05) is 24.7 Å². The summed E-state index contributed by atoms with van der Waals surface area (Å²) in [7, 11) is 0. The number of fused-ring (bicyclic) bond motifs is 1.